The number of rotatable bonds is 4. The summed E-state index contributed by atoms with van der Waals surface area (Å²) in [4.78, 5) is 0.239. The first-order valence-corrected chi connectivity index (χ1v) is 9.48. The van der Waals surface area contributed by atoms with Gasteiger partial charge in [-0.1, -0.05) is 6.07 Å². The fourth-order valence-electron chi connectivity index (χ4n) is 2.42. The highest BCUT2D eigenvalue weighted by atomic mass is 32.2. The Morgan fingerprint density at radius 1 is 1.30 bits per heavy atom. The van der Waals surface area contributed by atoms with Gasteiger partial charge >= 0.3 is 0 Å². The predicted octanol–water partition coefficient (Wildman–Crippen LogP) is 2.31. The largest absolute Gasteiger partial charge is 0.398 e. The first-order chi connectivity index (χ1) is 9.42. The van der Waals surface area contributed by atoms with Gasteiger partial charge in [0.15, 0.2) is 0 Å². The van der Waals surface area contributed by atoms with Gasteiger partial charge in [0.1, 0.15) is 4.90 Å². The zero-order valence-corrected chi connectivity index (χ0v) is 13.6. The fourth-order valence-corrected chi connectivity index (χ4v) is 5.16. The predicted molar refractivity (Wildman–Crippen MR) is 85.6 cm³/mol. The number of thioether (sulfide) groups is 1. The molecule has 0 atom stereocenters. The minimum atomic E-state index is -3.53. The molecular formula is C14H22N2O2S2. The number of nitrogens with two attached hydrogens (primary N) is 1. The van der Waals surface area contributed by atoms with Gasteiger partial charge in [-0.2, -0.15) is 11.8 Å². The van der Waals surface area contributed by atoms with E-state index in [0.717, 1.165) is 35.5 Å². The third-order valence-electron chi connectivity index (χ3n) is 3.88. The van der Waals surface area contributed by atoms with Crippen molar-refractivity contribution in [1.29, 1.82) is 0 Å². The molecule has 0 aromatic heterocycles. The maximum Gasteiger partial charge on any atom is 0.242 e. The first-order valence-electron chi connectivity index (χ1n) is 6.85. The van der Waals surface area contributed by atoms with Crippen LogP contribution in [0.1, 0.15) is 24.0 Å². The Hall–Kier alpha value is -0.720. The van der Waals surface area contributed by atoms with E-state index >= 15 is 0 Å². The Labute approximate surface area is 125 Å². The Morgan fingerprint density at radius 2 is 1.95 bits per heavy atom. The summed E-state index contributed by atoms with van der Waals surface area (Å²) in [6, 6.07) is 3.51. The molecule has 2 rings (SSSR count). The molecule has 0 bridgehead atoms. The SMILES string of the molecule is Cc1ccc(N)c(S(=O)(=O)NCC2CCSCC2)c1C. The van der Waals surface area contributed by atoms with E-state index in [0.29, 0.717) is 18.2 Å². The van der Waals surface area contributed by atoms with Gasteiger partial charge in [0.05, 0.1) is 5.69 Å². The van der Waals surface area contributed by atoms with Crippen LogP contribution in [0.5, 0.6) is 0 Å². The van der Waals surface area contributed by atoms with Crippen molar-refractivity contribution in [2.75, 3.05) is 23.8 Å². The van der Waals surface area contributed by atoms with Crippen molar-refractivity contribution in [1.82, 2.24) is 4.72 Å². The molecule has 0 spiro atoms. The number of hydrogen-bond acceptors (Lipinski definition) is 4. The number of aryl methyl sites for hydroxylation is 1. The van der Waals surface area contributed by atoms with Crippen molar-refractivity contribution in [3.05, 3.63) is 23.3 Å². The minimum absolute atomic E-state index is 0.239. The van der Waals surface area contributed by atoms with Crippen molar-refractivity contribution >= 4 is 27.5 Å². The molecule has 1 heterocycles. The summed E-state index contributed by atoms with van der Waals surface area (Å²) >= 11 is 1.94. The van der Waals surface area contributed by atoms with Crippen LogP contribution in [0.15, 0.2) is 17.0 Å². The molecule has 4 nitrogen and oxygen atoms in total. The molecule has 0 saturated carbocycles. The van der Waals surface area contributed by atoms with Crippen LogP contribution in [-0.4, -0.2) is 26.5 Å². The Bertz CT molecular complexity index is 579. The van der Waals surface area contributed by atoms with Crippen molar-refractivity contribution in [3.8, 4) is 0 Å². The second-order valence-corrected chi connectivity index (χ2v) is 8.26. The molecule has 1 aliphatic heterocycles. The van der Waals surface area contributed by atoms with Crippen LogP contribution < -0.4 is 10.5 Å². The van der Waals surface area contributed by atoms with E-state index in [-0.39, 0.29) is 4.90 Å². The van der Waals surface area contributed by atoms with Crippen molar-refractivity contribution in [2.24, 2.45) is 5.92 Å². The molecule has 0 amide bonds. The second kappa shape index (κ2) is 6.37. The van der Waals surface area contributed by atoms with E-state index in [4.69, 9.17) is 5.73 Å². The molecule has 6 heteroatoms. The third-order valence-corrected chi connectivity index (χ3v) is 6.55. The summed E-state index contributed by atoms with van der Waals surface area (Å²) in [5.41, 5.74) is 7.85. The number of nitrogens with one attached hydrogen (secondary N) is 1. The highest BCUT2D eigenvalue weighted by Gasteiger charge is 2.23. The van der Waals surface area contributed by atoms with Gasteiger partial charge in [-0.3, -0.25) is 0 Å². The average Bonchev–Trinajstić information content (AvgIpc) is 2.42. The van der Waals surface area contributed by atoms with Crippen LogP contribution in [0.25, 0.3) is 0 Å². The quantitative estimate of drug-likeness (QED) is 0.837. The van der Waals surface area contributed by atoms with Crippen LogP contribution >= 0.6 is 11.8 Å². The number of anilines is 1. The van der Waals surface area contributed by atoms with Gasteiger partial charge in [0, 0.05) is 6.54 Å². The van der Waals surface area contributed by atoms with Gasteiger partial charge in [0.2, 0.25) is 10.0 Å². The first kappa shape index (κ1) is 15.7. The fraction of sp³-hybridized carbons (Fsp3) is 0.571. The molecule has 112 valence electrons. The van der Waals surface area contributed by atoms with Crippen molar-refractivity contribution < 1.29 is 8.42 Å². The molecule has 1 aromatic rings. The molecule has 0 unspecified atom stereocenters. The zero-order chi connectivity index (χ0) is 14.8. The van der Waals surface area contributed by atoms with Crippen LogP contribution in [0.3, 0.4) is 0 Å². The topological polar surface area (TPSA) is 72.2 Å². The normalized spacial score (nSPS) is 17.3. The lowest BCUT2D eigenvalue weighted by atomic mass is 10.0. The lowest BCUT2D eigenvalue weighted by Crippen LogP contribution is -2.32. The van der Waals surface area contributed by atoms with Crippen molar-refractivity contribution in [3.63, 3.8) is 0 Å². The monoisotopic (exact) mass is 314 g/mol. The van der Waals surface area contributed by atoms with E-state index < -0.39 is 10.0 Å². The zero-order valence-electron chi connectivity index (χ0n) is 12.0. The molecule has 0 aliphatic carbocycles. The van der Waals surface area contributed by atoms with Gasteiger partial charge < -0.3 is 5.73 Å². The summed E-state index contributed by atoms with van der Waals surface area (Å²) in [5.74, 6) is 2.69. The molecule has 1 fully saturated rings. The summed E-state index contributed by atoms with van der Waals surface area (Å²) < 4.78 is 27.7. The van der Waals surface area contributed by atoms with E-state index in [1.807, 2.05) is 24.8 Å². The summed E-state index contributed by atoms with van der Waals surface area (Å²) in [6.07, 6.45) is 2.16. The van der Waals surface area contributed by atoms with E-state index in [1.165, 1.54) is 0 Å². The lowest BCUT2D eigenvalue weighted by Gasteiger charge is -2.22. The van der Waals surface area contributed by atoms with Gasteiger partial charge in [-0.15, -0.1) is 0 Å². The molecule has 0 radical (unpaired) electrons. The van der Waals surface area contributed by atoms with Gasteiger partial charge in [-0.05, 0) is 61.3 Å². The highest BCUT2D eigenvalue weighted by molar-refractivity contribution is 7.99. The summed E-state index contributed by atoms with van der Waals surface area (Å²) in [6.45, 7) is 4.21. The van der Waals surface area contributed by atoms with Crippen LogP contribution in [-0.2, 0) is 10.0 Å². The lowest BCUT2D eigenvalue weighted by molar-refractivity contribution is 0.476. The average molecular weight is 314 g/mol. The van der Waals surface area contributed by atoms with E-state index in [1.54, 1.807) is 13.0 Å². The van der Waals surface area contributed by atoms with Crippen LogP contribution in [0, 0.1) is 19.8 Å². The maximum absolute atomic E-state index is 12.5. The number of sulfonamides is 1. The second-order valence-electron chi connectivity index (χ2n) is 5.33. The third kappa shape index (κ3) is 3.48. The number of hydrogen-bond donors (Lipinski definition) is 2. The van der Waals surface area contributed by atoms with Crippen molar-refractivity contribution in [2.45, 2.75) is 31.6 Å². The molecule has 1 saturated heterocycles. The molecule has 1 aromatic carbocycles. The number of nitrogen functional groups attached to an aromatic ring is 1. The summed E-state index contributed by atoms with van der Waals surface area (Å²) in [5, 5.41) is 0. The molecule has 1 aliphatic rings. The minimum Gasteiger partial charge on any atom is -0.398 e. The Morgan fingerprint density at radius 3 is 2.60 bits per heavy atom. The van der Waals surface area contributed by atoms with E-state index in [2.05, 4.69) is 4.72 Å². The van der Waals surface area contributed by atoms with Crippen LogP contribution in [0.4, 0.5) is 5.69 Å². The standard InChI is InChI=1S/C14H22N2O2S2/c1-10-3-4-13(15)14(11(10)2)20(17,18)16-9-12-5-7-19-8-6-12/h3-4,12,16H,5-9,15H2,1-2H3. The smallest absolute Gasteiger partial charge is 0.242 e. The molecule has 20 heavy (non-hydrogen) atoms. The van der Waals surface area contributed by atoms with Gasteiger partial charge in [0.25, 0.3) is 0 Å². The Kier molecular flexibility index (Phi) is 4.99. The van der Waals surface area contributed by atoms with Gasteiger partial charge in [-0.25, -0.2) is 13.1 Å². The summed E-state index contributed by atoms with van der Waals surface area (Å²) in [7, 11) is -3.53. The Balaban J connectivity index is 2.16. The highest BCUT2D eigenvalue weighted by Crippen LogP contribution is 2.26. The van der Waals surface area contributed by atoms with E-state index in [9.17, 15) is 8.42 Å². The molecular weight excluding hydrogens is 292 g/mol. The maximum atomic E-state index is 12.5. The number of benzene rings is 1. The van der Waals surface area contributed by atoms with Crippen LogP contribution in [0.2, 0.25) is 0 Å². The molecule has 3 N–H and O–H groups in total.